The Morgan fingerprint density at radius 1 is 0.930 bits per heavy atom. The number of ether oxygens (including phenoxy) is 1. The molecule has 0 aliphatic heterocycles. The van der Waals surface area contributed by atoms with Crippen molar-refractivity contribution < 1.29 is 27.1 Å². The monoisotopic (exact) mass is 611 g/mol. The van der Waals surface area contributed by atoms with E-state index in [0.29, 0.717) is 30.2 Å². The Hall–Kier alpha value is -3.92. The largest absolute Gasteiger partial charge is 0.492 e. The molecule has 232 valence electrons. The normalized spacial score (nSPS) is 12.0. The van der Waals surface area contributed by atoms with Crippen LogP contribution in [-0.4, -0.2) is 57.1 Å². The number of rotatable bonds is 16. The number of sulfonamides is 1. The van der Waals surface area contributed by atoms with Gasteiger partial charge in [-0.2, -0.15) is 0 Å². The van der Waals surface area contributed by atoms with E-state index < -0.39 is 21.9 Å². The molecule has 1 N–H and O–H groups in total. The van der Waals surface area contributed by atoms with Crippen molar-refractivity contribution in [3.63, 3.8) is 0 Å². The molecule has 0 bridgehead atoms. The number of hydrogen-bond donors (Lipinski definition) is 1. The van der Waals surface area contributed by atoms with Gasteiger partial charge in [0.2, 0.25) is 21.8 Å². The van der Waals surface area contributed by atoms with Gasteiger partial charge in [0.05, 0.1) is 18.6 Å². The molecule has 0 aliphatic rings. The number of nitrogens with one attached hydrogen (secondary N) is 1. The summed E-state index contributed by atoms with van der Waals surface area (Å²) < 4.78 is 46.2. The van der Waals surface area contributed by atoms with Crippen LogP contribution in [0.4, 0.5) is 10.1 Å². The van der Waals surface area contributed by atoms with E-state index in [4.69, 9.17) is 4.74 Å². The maximum absolute atomic E-state index is 13.9. The van der Waals surface area contributed by atoms with Gasteiger partial charge < -0.3 is 15.0 Å². The molecular formula is C33H42FN3O5S. The Bertz CT molecular complexity index is 1430. The lowest BCUT2D eigenvalue weighted by Crippen LogP contribution is -2.51. The predicted molar refractivity (Wildman–Crippen MR) is 168 cm³/mol. The van der Waals surface area contributed by atoms with Gasteiger partial charge in [0.1, 0.15) is 17.6 Å². The van der Waals surface area contributed by atoms with Crippen LogP contribution in [0.2, 0.25) is 0 Å². The van der Waals surface area contributed by atoms with Gasteiger partial charge in [-0.25, -0.2) is 12.8 Å². The third kappa shape index (κ3) is 10.4. The summed E-state index contributed by atoms with van der Waals surface area (Å²) in [5.74, 6) is -0.341. The maximum atomic E-state index is 13.9. The van der Waals surface area contributed by atoms with Crippen LogP contribution in [0.5, 0.6) is 5.75 Å². The number of carbonyl (C=O) groups is 2. The minimum atomic E-state index is -3.69. The number of nitrogens with zero attached hydrogens (tertiary/aromatic N) is 2. The summed E-state index contributed by atoms with van der Waals surface area (Å²) in [4.78, 5) is 29.0. The van der Waals surface area contributed by atoms with Crippen LogP contribution >= 0.6 is 0 Å². The molecule has 0 saturated heterocycles. The summed E-state index contributed by atoms with van der Waals surface area (Å²) >= 11 is 0. The van der Waals surface area contributed by atoms with Gasteiger partial charge in [-0.15, -0.1) is 0 Å². The molecule has 8 nitrogen and oxygen atoms in total. The average Bonchev–Trinajstić information content (AvgIpc) is 2.97. The molecule has 0 radical (unpaired) electrons. The summed E-state index contributed by atoms with van der Waals surface area (Å²) in [6, 6.07) is 21.3. The SMILES string of the molecule is CCOc1ccccc1N(CCCC(=O)N(Cc1ccc(F)cc1)[C@@H](Cc1ccccc1)C(=O)NCC(C)C)S(C)(=O)=O. The lowest BCUT2D eigenvalue weighted by molar-refractivity contribution is -0.141. The van der Waals surface area contributed by atoms with E-state index in [2.05, 4.69) is 5.32 Å². The Balaban J connectivity index is 1.89. The van der Waals surface area contributed by atoms with Gasteiger partial charge in [0, 0.05) is 32.5 Å². The quantitative estimate of drug-likeness (QED) is 0.241. The van der Waals surface area contributed by atoms with Crippen LogP contribution in [0.15, 0.2) is 78.9 Å². The van der Waals surface area contributed by atoms with E-state index in [-0.39, 0.29) is 50.1 Å². The lowest BCUT2D eigenvalue weighted by Gasteiger charge is -2.32. The summed E-state index contributed by atoms with van der Waals surface area (Å²) in [6.07, 6.45) is 1.60. The highest BCUT2D eigenvalue weighted by molar-refractivity contribution is 7.92. The fraction of sp³-hybridized carbons (Fsp3) is 0.394. The van der Waals surface area contributed by atoms with Crippen LogP contribution < -0.4 is 14.4 Å². The molecule has 0 aromatic heterocycles. The van der Waals surface area contributed by atoms with E-state index in [0.717, 1.165) is 11.8 Å². The van der Waals surface area contributed by atoms with Gasteiger partial charge in [-0.05, 0) is 54.7 Å². The van der Waals surface area contributed by atoms with Crippen molar-refractivity contribution in [3.05, 3.63) is 95.8 Å². The van der Waals surface area contributed by atoms with Gasteiger partial charge in [-0.1, -0.05) is 68.4 Å². The second-order valence-corrected chi connectivity index (χ2v) is 12.7. The molecule has 0 aliphatic carbocycles. The van der Waals surface area contributed by atoms with Crippen molar-refractivity contribution in [2.45, 2.75) is 52.6 Å². The second kappa shape index (κ2) is 16.1. The number of anilines is 1. The second-order valence-electron chi connectivity index (χ2n) is 10.8. The molecule has 0 fully saturated rings. The summed E-state index contributed by atoms with van der Waals surface area (Å²) in [6.45, 7) is 6.75. The van der Waals surface area contributed by atoms with Crippen LogP contribution in [0, 0.1) is 11.7 Å². The maximum Gasteiger partial charge on any atom is 0.243 e. The number of para-hydroxylation sites is 2. The van der Waals surface area contributed by atoms with Crippen LogP contribution in [0.25, 0.3) is 0 Å². The molecule has 2 amide bonds. The molecule has 10 heteroatoms. The first-order chi connectivity index (χ1) is 20.5. The van der Waals surface area contributed by atoms with Crippen molar-refractivity contribution in [2.24, 2.45) is 5.92 Å². The first kappa shape index (κ1) is 33.6. The number of halogens is 1. The highest BCUT2D eigenvalue weighted by atomic mass is 32.2. The number of amides is 2. The Morgan fingerprint density at radius 3 is 2.21 bits per heavy atom. The van der Waals surface area contributed by atoms with E-state index >= 15 is 0 Å². The molecular weight excluding hydrogens is 569 g/mol. The molecule has 43 heavy (non-hydrogen) atoms. The summed E-state index contributed by atoms with van der Waals surface area (Å²) in [5, 5.41) is 2.97. The molecule has 1 atom stereocenters. The smallest absolute Gasteiger partial charge is 0.243 e. The predicted octanol–water partition coefficient (Wildman–Crippen LogP) is 5.18. The van der Waals surface area contributed by atoms with E-state index in [1.54, 1.807) is 36.4 Å². The van der Waals surface area contributed by atoms with Crippen LogP contribution in [0.3, 0.4) is 0 Å². The summed E-state index contributed by atoms with van der Waals surface area (Å²) in [5.41, 5.74) is 1.96. The van der Waals surface area contributed by atoms with Crippen molar-refractivity contribution >= 4 is 27.5 Å². The van der Waals surface area contributed by atoms with Gasteiger partial charge in [-0.3, -0.25) is 13.9 Å². The van der Waals surface area contributed by atoms with Crippen molar-refractivity contribution in [1.82, 2.24) is 10.2 Å². The highest BCUT2D eigenvalue weighted by Crippen LogP contribution is 2.30. The standard InChI is InChI=1S/C33H42FN3O5S/c1-5-42-31-15-10-9-14-29(31)37(43(4,40)41)21-11-16-32(38)36(24-27-17-19-28(34)20-18-27)30(33(39)35-23-25(2)3)22-26-12-7-6-8-13-26/h6-10,12-15,17-20,25,30H,5,11,16,21-24H2,1-4H3,(H,35,39)/t30-/m0/s1. The average molecular weight is 612 g/mol. The first-order valence-corrected chi connectivity index (χ1v) is 16.4. The Kier molecular flexibility index (Phi) is 12.5. The van der Waals surface area contributed by atoms with Gasteiger partial charge in [0.25, 0.3) is 0 Å². The summed E-state index contributed by atoms with van der Waals surface area (Å²) in [7, 11) is -3.69. The zero-order chi connectivity index (χ0) is 31.4. The number of benzene rings is 3. The lowest BCUT2D eigenvalue weighted by atomic mass is 10.0. The number of hydrogen-bond acceptors (Lipinski definition) is 5. The fourth-order valence-corrected chi connectivity index (χ4v) is 5.66. The molecule has 3 aromatic rings. The van der Waals surface area contributed by atoms with Gasteiger partial charge >= 0.3 is 0 Å². The first-order valence-electron chi connectivity index (χ1n) is 14.5. The van der Waals surface area contributed by atoms with E-state index in [1.165, 1.54) is 21.3 Å². The van der Waals surface area contributed by atoms with E-state index in [1.807, 2.05) is 51.1 Å². The van der Waals surface area contributed by atoms with Crippen molar-refractivity contribution in [2.75, 3.05) is 30.3 Å². The van der Waals surface area contributed by atoms with Crippen molar-refractivity contribution in [1.29, 1.82) is 0 Å². The molecule has 0 unspecified atom stereocenters. The Morgan fingerprint density at radius 2 is 1.58 bits per heavy atom. The molecule has 0 spiro atoms. The molecule has 0 heterocycles. The Labute approximate surface area is 254 Å². The van der Waals surface area contributed by atoms with Gasteiger partial charge in [0.15, 0.2) is 0 Å². The zero-order valence-corrected chi connectivity index (χ0v) is 26.1. The topological polar surface area (TPSA) is 96.0 Å². The van der Waals surface area contributed by atoms with E-state index in [9.17, 15) is 22.4 Å². The highest BCUT2D eigenvalue weighted by Gasteiger charge is 2.31. The van der Waals surface area contributed by atoms with Crippen LogP contribution in [0.1, 0.15) is 44.7 Å². The zero-order valence-electron chi connectivity index (χ0n) is 25.3. The molecule has 3 rings (SSSR count). The molecule has 0 saturated carbocycles. The fourth-order valence-electron chi connectivity index (χ4n) is 4.69. The third-order valence-corrected chi connectivity index (χ3v) is 7.99. The minimum Gasteiger partial charge on any atom is -0.492 e. The number of carbonyl (C=O) groups excluding carboxylic acids is 2. The van der Waals surface area contributed by atoms with Crippen LogP contribution in [-0.2, 0) is 32.6 Å². The molecule has 3 aromatic carbocycles. The van der Waals surface area contributed by atoms with Crippen molar-refractivity contribution in [3.8, 4) is 5.75 Å². The minimum absolute atomic E-state index is 0.00718. The third-order valence-electron chi connectivity index (χ3n) is 6.81.